The van der Waals surface area contributed by atoms with Gasteiger partial charge in [0, 0.05) is 25.2 Å². The van der Waals surface area contributed by atoms with Gasteiger partial charge in [-0.2, -0.15) is 5.26 Å². The van der Waals surface area contributed by atoms with Gasteiger partial charge >= 0.3 is 6.09 Å². The molecular weight excluding hydrogens is 351 g/mol. The Kier molecular flexibility index (Phi) is 5.60. The molecule has 142 valence electrons. The Bertz CT molecular complexity index is 818. The van der Waals surface area contributed by atoms with Gasteiger partial charge in [0.15, 0.2) is 0 Å². The number of amides is 2. The van der Waals surface area contributed by atoms with Crippen molar-refractivity contribution in [3.8, 4) is 6.07 Å². The van der Waals surface area contributed by atoms with E-state index in [1.165, 1.54) is 24.0 Å². The Hall–Kier alpha value is -3.08. The molecule has 0 aliphatic carbocycles. The van der Waals surface area contributed by atoms with Gasteiger partial charge in [-0.15, -0.1) is 0 Å². The highest BCUT2D eigenvalue weighted by molar-refractivity contribution is 5.90. The smallest absolute Gasteiger partial charge is 0.414 e. The van der Waals surface area contributed by atoms with Crippen LogP contribution in [0.15, 0.2) is 30.0 Å². The largest absolute Gasteiger partial charge is 0.442 e. The van der Waals surface area contributed by atoms with Crippen LogP contribution in [0.2, 0.25) is 0 Å². The van der Waals surface area contributed by atoms with Crippen LogP contribution in [0.25, 0.3) is 0 Å². The third kappa shape index (κ3) is 4.19. The number of benzene rings is 1. The topological polar surface area (TPSA) is 85.7 Å². The predicted molar refractivity (Wildman–Crippen MR) is 97.6 cm³/mol. The fraction of sp³-hybridized carbons (Fsp3) is 0.421. The fourth-order valence-electron chi connectivity index (χ4n) is 3.33. The third-order valence-electron chi connectivity index (χ3n) is 4.63. The maximum Gasteiger partial charge on any atom is 0.414 e. The molecular formula is C19H21FN4O3. The van der Waals surface area contributed by atoms with Gasteiger partial charge < -0.3 is 15.0 Å². The van der Waals surface area contributed by atoms with Crippen molar-refractivity contribution < 1.29 is 18.7 Å². The van der Waals surface area contributed by atoms with E-state index in [4.69, 9.17) is 10.00 Å². The second-order valence-electron chi connectivity index (χ2n) is 6.56. The van der Waals surface area contributed by atoms with E-state index >= 15 is 0 Å². The molecule has 7 nitrogen and oxygen atoms in total. The van der Waals surface area contributed by atoms with Crippen LogP contribution in [0.1, 0.15) is 26.2 Å². The molecule has 2 fully saturated rings. The van der Waals surface area contributed by atoms with Crippen LogP contribution in [0.3, 0.4) is 0 Å². The number of piperidine rings is 1. The highest BCUT2D eigenvalue weighted by atomic mass is 19.1. The average molecular weight is 372 g/mol. The number of nitriles is 1. The van der Waals surface area contributed by atoms with Gasteiger partial charge in [-0.05, 0) is 37.5 Å². The number of halogens is 1. The molecule has 1 N–H and O–H groups in total. The molecule has 1 aromatic carbocycles. The highest BCUT2D eigenvalue weighted by Gasteiger charge is 2.33. The SMILES string of the molecule is CC(=O)NC[C@H]1CN(c2ccc(N3CCCCC3=CC#N)c(F)c2)C(=O)O1. The number of cyclic esters (lactones) is 1. The Morgan fingerprint density at radius 2 is 2.26 bits per heavy atom. The molecule has 27 heavy (non-hydrogen) atoms. The summed E-state index contributed by atoms with van der Waals surface area (Å²) in [5.41, 5.74) is 1.59. The standard InChI is InChI=1S/C19H21FN4O3/c1-13(25)22-11-16-12-24(19(26)27-16)15-5-6-18(17(20)10-15)23-9-3-2-4-14(23)7-8-21/h5-7,10,16H,2-4,9,11-12H2,1H3,(H,22,25)/t16-/m0/s1. The molecule has 0 spiro atoms. The van der Waals surface area contributed by atoms with E-state index in [1.807, 2.05) is 11.0 Å². The highest BCUT2D eigenvalue weighted by Crippen LogP contribution is 2.32. The maximum atomic E-state index is 14.8. The second-order valence-corrected chi connectivity index (χ2v) is 6.56. The number of carbonyl (C=O) groups is 2. The molecule has 0 unspecified atom stereocenters. The van der Waals surface area contributed by atoms with Crippen molar-refractivity contribution in [3.05, 3.63) is 35.8 Å². The summed E-state index contributed by atoms with van der Waals surface area (Å²) in [5, 5.41) is 11.5. The van der Waals surface area contributed by atoms with E-state index in [-0.39, 0.29) is 19.0 Å². The minimum atomic E-state index is -0.569. The summed E-state index contributed by atoms with van der Waals surface area (Å²) in [6, 6.07) is 6.61. The minimum absolute atomic E-state index is 0.206. The summed E-state index contributed by atoms with van der Waals surface area (Å²) < 4.78 is 20.0. The average Bonchev–Trinajstić information content (AvgIpc) is 3.02. The number of anilines is 2. The summed E-state index contributed by atoms with van der Waals surface area (Å²) in [5.74, 6) is -0.668. The third-order valence-corrected chi connectivity index (χ3v) is 4.63. The molecule has 0 aromatic heterocycles. The van der Waals surface area contributed by atoms with Crippen LogP contribution in [0, 0.1) is 17.1 Å². The summed E-state index contributed by atoms with van der Waals surface area (Å²) in [4.78, 5) is 26.2. The van der Waals surface area contributed by atoms with Crippen LogP contribution in [-0.2, 0) is 9.53 Å². The zero-order chi connectivity index (χ0) is 19.4. The van der Waals surface area contributed by atoms with Gasteiger partial charge in [-0.1, -0.05) is 0 Å². The lowest BCUT2D eigenvalue weighted by molar-refractivity contribution is -0.119. The first-order valence-corrected chi connectivity index (χ1v) is 8.88. The number of hydrogen-bond acceptors (Lipinski definition) is 5. The molecule has 0 saturated carbocycles. The Balaban J connectivity index is 1.77. The van der Waals surface area contributed by atoms with Crippen LogP contribution in [-0.4, -0.2) is 37.7 Å². The maximum absolute atomic E-state index is 14.8. The van der Waals surface area contributed by atoms with Crippen molar-refractivity contribution in [1.82, 2.24) is 5.32 Å². The summed E-state index contributed by atoms with van der Waals surface area (Å²) in [6.07, 6.45) is 3.04. The van der Waals surface area contributed by atoms with Crippen LogP contribution >= 0.6 is 0 Å². The van der Waals surface area contributed by atoms with Gasteiger partial charge in [0.2, 0.25) is 5.91 Å². The van der Waals surface area contributed by atoms with Crippen LogP contribution < -0.4 is 15.1 Å². The number of nitrogens with zero attached hydrogens (tertiary/aromatic N) is 3. The lowest BCUT2D eigenvalue weighted by Gasteiger charge is -2.31. The fourth-order valence-corrected chi connectivity index (χ4v) is 3.33. The number of carbonyl (C=O) groups excluding carboxylic acids is 2. The number of nitrogens with one attached hydrogen (secondary N) is 1. The van der Waals surface area contributed by atoms with E-state index in [0.29, 0.717) is 17.9 Å². The molecule has 8 heteroatoms. The predicted octanol–water partition coefficient (Wildman–Crippen LogP) is 2.68. The van der Waals surface area contributed by atoms with E-state index in [1.54, 1.807) is 12.1 Å². The zero-order valence-electron chi connectivity index (χ0n) is 15.1. The quantitative estimate of drug-likeness (QED) is 0.822. The van der Waals surface area contributed by atoms with Gasteiger partial charge in [0.05, 0.1) is 30.5 Å². The van der Waals surface area contributed by atoms with Gasteiger partial charge in [0.25, 0.3) is 0 Å². The van der Waals surface area contributed by atoms with Crippen LogP contribution in [0.5, 0.6) is 0 Å². The van der Waals surface area contributed by atoms with Crippen LogP contribution in [0.4, 0.5) is 20.6 Å². The first-order chi connectivity index (χ1) is 13.0. The first-order valence-electron chi connectivity index (χ1n) is 8.88. The summed E-state index contributed by atoms with van der Waals surface area (Å²) in [7, 11) is 0. The van der Waals surface area contributed by atoms with E-state index < -0.39 is 18.0 Å². The molecule has 2 saturated heterocycles. The molecule has 0 bridgehead atoms. The molecule has 0 radical (unpaired) electrons. The normalized spacial score (nSPS) is 21.1. The van der Waals surface area contributed by atoms with Gasteiger partial charge in [-0.3, -0.25) is 9.69 Å². The molecule has 2 amide bonds. The minimum Gasteiger partial charge on any atom is -0.442 e. The Labute approximate surface area is 157 Å². The number of hydrogen-bond donors (Lipinski definition) is 1. The number of ether oxygens (including phenoxy) is 1. The van der Waals surface area contributed by atoms with Crippen molar-refractivity contribution in [3.63, 3.8) is 0 Å². The van der Waals surface area contributed by atoms with Gasteiger partial charge in [0.1, 0.15) is 11.9 Å². The Morgan fingerprint density at radius 3 is 2.96 bits per heavy atom. The molecule has 2 aliphatic rings. The van der Waals surface area contributed by atoms with E-state index in [2.05, 4.69) is 5.32 Å². The molecule has 2 heterocycles. The van der Waals surface area contributed by atoms with E-state index in [0.717, 1.165) is 25.0 Å². The van der Waals surface area contributed by atoms with Crippen molar-refractivity contribution in [2.45, 2.75) is 32.3 Å². The Morgan fingerprint density at radius 1 is 1.44 bits per heavy atom. The summed E-state index contributed by atoms with van der Waals surface area (Å²) >= 11 is 0. The molecule has 1 aromatic rings. The summed E-state index contributed by atoms with van der Waals surface area (Å²) in [6.45, 7) is 2.49. The molecule has 2 aliphatic heterocycles. The lowest BCUT2D eigenvalue weighted by atomic mass is 10.1. The van der Waals surface area contributed by atoms with E-state index in [9.17, 15) is 14.0 Å². The van der Waals surface area contributed by atoms with Crippen molar-refractivity contribution in [1.29, 1.82) is 5.26 Å². The lowest BCUT2D eigenvalue weighted by Crippen LogP contribution is -2.33. The first kappa shape index (κ1) is 18.7. The van der Waals surface area contributed by atoms with Crippen molar-refractivity contribution in [2.75, 3.05) is 29.4 Å². The second kappa shape index (κ2) is 8.08. The van der Waals surface area contributed by atoms with Gasteiger partial charge in [-0.25, -0.2) is 9.18 Å². The number of allylic oxidation sites excluding steroid dienone is 2. The molecule has 3 rings (SSSR count). The van der Waals surface area contributed by atoms with Crippen molar-refractivity contribution >= 4 is 23.4 Å². The molecule has 1 atom stereocenters. The monoisotopic (exact) mass is 372 g/mol. The number of rotatable bonds is 4. The zero-order valence-corrected chi connectivity index (χ0v) is 15.1. The van der Waals surface area contributed by atoms with Crippen molar-refractivity contribution in [2.24, 2.45) is 0 Å².